The second kappa shape index (κ2) is 8.65. The van der Waals surface area contributed by atoms with Gasteiger partial charge in [0.05, 0.1) is 17.0 Å². The van der Waals surface area contributed by atoms with Crippen LogP contribution in [0.4, 0.5) is 9.18 Å². The molecule has 1 aromatic rings. The fourth-order valence-corrected chi connectivity index (χ4v) is 4.30. The molecule has 2 aliphatic heterocycles. The van der Waals surface area contributed by atoms with E-state index in [0.717, 1.165) is 38.8 Å². The van der Waals surface area contributed by atoms with Crippen LogP contribution in [0.1, 0.15) is 44.2 Å². The summed E-state index contributed by atoms with van der Waals surface area (Å²) in [6.07, 6.45) is 3.60. The normalized spacial score (nSPS) is 21.3. The third-order valence-corrected chi connectivity index (χ3v) is 5.92. The maximum Gasteiger partial charge on any atom is 0.320 e. The highest BCUT2D eigenvalue weighted by Crippen LogP contribution is 2.29. The minimum absolute atomic E-state index is 0.0286. The third-order valence-electron chi connectivity index (χ3n) is 5.30. The Morgan fingerprint density at radius 2 is 1.78 bits per heavy atom. The van der Waals surface area contributed by atoms with Gasteiger partial charge in [0.1, 0.15) is 5.82 Å². The van der Waals surface area contributed by atoms with Gasteiger partial charge in [0.25, 0.3) is 0 Å². The quantitative estimate of drug-likeness (QED) is 0.750. The van der Waals surface area contributed by atoms with Crippen LogP contribution in [0.5, 0.6) is 0 Å². The molecule has 27 heavy (non-hydrogen) atoms. The smallest absolute Gasteiger partial charge is 0.320 e. The number of rotatable bonds is 3. The van der Waals surface area contributed by atoms with Gasteiger partial charge in [-0.2, -0.15) is 0 Å². The van der Waals surface area contributed by atoms with Gasteiger partial charge in [-0.25, -0.2) is 9.18 Å². The van der Waals surface area contributed by atoms with Gasteiger partial charge in [-0.05, 0) is 50.3 Å². The van der Waals surface area contributed by atoms with E-state index in [4.69, 9.17) is 23.2 Å². The van der Waals surface area contributed by atoms with Crippen LogP contribution in [-0.4, -0.2) is 47.9 Å². The SMILES string of the molecule is CC(NC(=O)C1CCCN(C(=O)N2CCCC2)C1)c1cc(F)c(Cl)cc1Cl. The number of hydrogen-bond acceptors (Lipinski definition) is 2. The van der Waals surface area contributed by atoms with Crippen molar-refractivity contribution >= 4 is 35.1 Å². The summed E-state index contributed by atoms with van der Waals surface area (Å²) in [5.41, 5.74) is 0.479. The maximum atomic E-state index is 13.7. The van der Waals surface area contributed by atoms with Crippen molar-refractivity contribution in [2.75, 3.05) is 26.2 Å². The van der Waals surface area contributed by atoms with Crippen molar-refractivity contribution in [1.29, 1.82) is 0 Å². The number of hydrogen-bond donors (Lipinski definition) is 1. The predicted molar refractivity (Wildman–Crippen MR) is 103 cm³/mol. The number of piperidine rings is 1. The zero-order valence-corrected chi connectivity index (χ0v) is 16.8. The van der Waals surface area contributed by atoms with Gasteiger partial charge in [-0.1, -0.05) is 23.2 Å². The van der Waals surface area contributed by atoms with E-state index in [1.54, 1.807) is 11.8 Å². The largest absolute Gasteiger partial charge is 0.349 e. The monoisotopic (exact) mass is 415 g/mol. The van der Waals surface area contributed by atoms with Crippen LogP contribution in [-0.2, 0) is 4.79 Å². The molecule has 0 bridgehead atoms. The van der Waals surface area contributed by atoms with Crippen molar-refractivity contribution in [1.82, 2.24) is 15.1 Å². The Balaban J connectivity index is 1.61. The topological polar surface area (TPSA) is 52.7 Å². The summed E-state index contributed by atoms with van der Waals surface area (Å²) < 4.78 is 13.7. The zero-order chi connectivity index (χ0) is 19.6. The molecule has 2 saturated heterocycles. The number of carbonyl (C=O) groups is 2. The summed E-state index contributed by atoms with van der Waals surface area (Å²) in [7, 11) is 0. The van der Waals surface area contributed by atoms with Crippen LogP contribution < -0.4 is 5.32 Å². The van der Waals surface area contributed by atoms with Gasteiger partial charge in [-0.15, -0.1) is 0 Å². The van der Waals surface area contributed by atoms with E-state index in [0.29, 0.717) is 23.7 Å². The molecule has 5 nitrogen and oxygen atoms in total. The van der Waals surface area contributed by atoms with Gasteiger partial charge in [0, 0.05) is 31.2 Å². The molecule has 2 aliphatic rings. The molecule has 0 saturated carbocycles. The Morgan fingerprint density at radius 1 is 1.11 bits per heavy atom. The lowest BCUT2D eigenvalue weighted by Gasteiger charge is -2.35. The Bertz CT molecular complexity index is 725. The van der Waals surface area contributed by atoms with E-state index < -0.39 is 11.9 Å². The second-order valence-electron chi connectivity index (χ2n) is 7.28. The van der Waals surface area contributed by atoms with Gasteiger partial charge >= 0.3 is 6.03 Å². The molecule has 0 aliphatic carbocycles. The fraction of sp³-hybridized carbons (Fsp3) is 0.579. The van der Waals surface area contributed by atoms with E-state index in [1.807, 2.05) is 4.90 Å². The molecule has 3 rings (SSSR count). The average molecular weight is 416 g/mol. The number of nitrogens with one attached hydrogen (secondary N) is 1. The van der Waals surface area contributed by atoms with Crippen molar-refractivity contribution in [3.8, 4) is 0 Å². The molecule has 1 aromatic carbocycles. The van der Waals surface area contributed by atoms with Crippen LogP contribution >= 0.6 is 23.2 Å². The Kier molecular flexibility index (Phi) is 6.48. The maximum absolute atomic E-state index is 13.7. The summed E-state index contributed by atoms with van der Waals surface area (Å²) >= 11 is 11.9. The number of benzene rings is 1. The first kappa shape index (κ1) is 20.2. The Morgan fingerprint density at radius 3 is 2.48 bits per heavy atom. The number of urea groups is 1. The molecule has 2 atom stereocenters. The molecular weight excluding hydrogens is 392 g/mol. The molecule has 0 spiro atoms. The highest BCUT2D eigenvalue weighted by molar-refractivity contribution is 6.35. The molecule has 2 fully saturated rings. The Hall–Kier alpha value is -1.53. The van der Waals surface area contributed by atoms with E-state index in [1.165, 1.54) is 12.1 Å². The van der Waals surface area contributed by atoms with E-state index in [9.17, 15) is 14.0 Å². The zero-order valence-electron chi connectivity index (χ0n) is 15.3. The second-order valence-corrected chi connectivity index (χ2v) is 8.09. The van der Waals surface area contributed by atoms with E-state index >= 15 is 0 Å². The number of amides is 3. The molecule has 0 aromatic heterocycles. The highest BCUT2D eigenvalue weighted by Gasteiger charge is 2.32. The minimum Gasteiger partial charge on any atom is -0.349 e. The number of nitrogens with zero attached hydrogens (tertiary/aromatic N) is 2. The summed E-state index contributed by atoms with van der Waals surface area (Å²) in [6.45, 7) is 4.44. The third kappa shape index (κ3) is 4.66. The first-order valence-electron chi connectivity index (χ1n) is 9.35. The van der Waals surface area contributed by atoms with Crippen molar-refractivity contribution in [3.63, 3.8) is 0 Å². The number of likely N-dealkylation sites (tertiary alicyclic amines) is 2. The van der Waals surface area contributed by atoms with Crippen molar-refractivity contribution in [3.05, 3.63) is 33.6 Å². The summed E-state index contributed by atoms with van der Waals surface area (Å²) in [5, 5.41) is 3.16. The molecule has 8 heteroatoms. The molecule has 3 amide bonds. The molecule has 2 unspecified atom stereocenters. The first-order chi connectivity index (χ1) is 12.9. The van der Waals surface area contributed by atoms with Crippen LogP contribution in [0, 0.1) is 11.7 Å². The summed E-state index contributed by atoms with van der Waals surface area (Å²) in [4.78, 5) is 28.9. The average Bonchev–Trinajstić information content (AvgIpc) is 3.18. The predicted octanol–water partition coefficient (Wildman–Crippen LogP) is 4.24. The highest BCUT2D eigenvalue weighted by atomic mass is 35.5. The standard InChI is InChI=1S/C19H24Cl2FN3O2/c1-12(14-9-17(22)16(21)10-15(14)20)23-18(26)13-5-4-8-25(11-13)19(27)24-6-2-3-7-24/h9-10,12-13H,2-8,11H2,1H3,(H,23,26). The van der Waals surface area contributed by atoms with Crippen LogP contribution in [0.15, 0.2) is 12.1 Å². The van der Waals surface area contributed by atoms with Gasteiger partial charge < -0.3 is 15.1 Å². The van der Waals surface area contributed by atoms with E-state index in [2.05, 4.69) is 5.32 Å². The van der Waals surface area contributed by atoms with Crippen molar-refractivity contribution in [2.45, 2.75) is 38.6 Å². The van der Waals surface area contributed by atoms with Crippen LogP contribution in [0.3, 0.4) is 0 Å². The number of halogens is 3. The molecule has 148 valence electrons. The van der Waals surface area contributed by atoms with E-state index in [-0.39, 0.29) is 22.9 Å². The van der Waals surface area contributed by atoms with Crippen LogP contribution in [0.25, 0.3) is 0 Å². The molecule has 1 N–H and O–H groups in total. The molecule has 0 radical (unpaired) electrons. The summed E-state index contributed by atoms with van der Waals surface area (Å²) in [6, 6.07) is 2.16. The van der Waals surface area contributed by atoms with Crippen molar-refractivity contribution in [2.24, 2.45) is 5.92 Å². The van der Waals surface area contributed by atoms with Crippen molar-refractivity contribution < 1.29 is 14.0 Å². The van der Waals surface area contributed by atoms with Gasteiger partial charge in [-0.3, -0.25) is 4.79 Å². The number of carbonyl (C=O) groups excluding carboxylic acids is 2. The molecule has 2 heterocycles. The van der Waals surface area contributed by atoms with Gasteiger partial charge in [0.15, 0.2) is 0 Å². The lowest BCUT2D eigenvalue weighted by Crippen LogP contribution is -2.49. The lowest BCUT2D eigenvalue weighted by molar-refractivity contribution is -0.127. The Labute approximate surface area is 168 Å². The summed E-state index contributed by atoms with van der Waals surface area (Å²) in [5.74, 6) is -0.992. The van der Waals surface area contributed by atoms with Crippen LogP contribution in [0.2, 0.25) is 10.0 Å². The lowest BCUT2D eigenvalue weighted by atomic mass is 9.96. The fourth-order valence-electron chi connectivity index (χ4n) is 3.75. The minimum atomic E-state index is -0.572. The van der Waals surface area contributed by atoms with Gasteiger partial charge in [0.2, 0.25) is 5.91 Å². The first-order valence-corrected chi connectivity index (χ1v) is 10.1. The molecular formula is C19H24Cl2FN3O2.